The van der Waals surface area contributed by atoms with E-state index in [1.165, 1.54) is 26.0 Å². The van der Waals surface area contributed by atoms with Crippen LogP contribution in [0, 0.1) is 19.8 Å². The molecule has 208 valence electrons. The quantitative estimate of drug-likeness (QED) is 0.606. The molecule has 38 heavy (non-hydrogen) atoms. The van der Waals surface area contributed by atoms with Crippen molar-refractivity contribution >= 4 is 5.91 Å². The van der Waals surface area contributed by atoms with Crippen molar-refractivity contribution in [1.29, 1.82) is 0 Å². The van der Waals surface area contributed by atoms with Crippen LogP contribution in [0.4, 0.5) is 13.2 Å². The summed E-state index contributed by atoms with van der Waals surface area (Å²) in [4.78, 5) is 17.3. The molecule has 3 atom stereocenters. The third-order valence-corrected chi connectivity index (χ3v) is 9.25. The van der Waals surface area contributed by atoms with Gasteiger partial charge < -0.3 is 15.1 Å². The van der Waals surface area contributed by atoms with Crippen LogP contribution < -0.4 is 0 Å². The first kappa shape index (κ1) is 27.0. The lowest BCUT2D eigenvalue weighted by atomic mass is 9.57. The van der Waals surface area contributed by atoms with E-state index >= 15 is 0 Å². The Morgan fingerprint density at radius 2 is 1.79 bits per heavy atom. The lowest BCUT2D eigenvalue weighted by Crippen LogP contribution is -2.68. The SMILES string of the molecule is Cc1ccc(O)cc1C12CCN(C(=O)Cn3cc(C)c(C(F)(F)F)n3)CCC1(O)C(C)N(CC1CC1)CC2. The number of aliphatic hydroxyl groups is 1. The number of fused-ring (bicyclic) bond motifs is 1. The molecule has 7 nitrogen and oxygen atoms in total. The Balaban J connectivity index is 1.44. The molecule has 2 aromatic rings. The van der Waals surface area contributed by atoms with E-state index in [4.69, 9.17) is 0 Å². The molecule has 0 bridgehead atoms. The van der Waals surface area contributed by atoms with Gasteiger partial charge in [0.05, 0.1) is 5.60 Å². The zero-order chi connectivity index (χ0) is 27.5. The van der Waals surface area contributed by atoms with E-state index in [0.717, 1.165) is 28.9 Å². The molecule has 1 aromatic carbocycles. The van der Waals surface area contributed by atoms with Crippen molar-refractivity contribution in [3.8, 4) is 5.75 Å². The summed E-state index contributed by atoms with van der Waals surface area (Å²) in [6, 6.07) is 5.12. The maximum absolute atomic E-state index is 13.3. The molecule has 3 heterocycles. The average Bonchev–Trinajstić information content (AvgIpc) is 3.61. The number of alkyl halides is 3. The summed E-state index contributed by atoms with van der Waals surface area (Å²) < 4.78 is 40.7. The highest BCUT2D eigenvalue weighted by atomic mass is 19.4. The van der Waals surface area contributed by atoms with Crippen LogP contribution in [-0.2, 0) is 22.9 Å². The number of piperidine rings is 1. The Bertz CT molecular complexity index is 1210. The first-order valence-electron chi connectivity index (χ1n) is 13.5. The summed E-state index contributed by atoms with van der Waals surface area (Å²) in [6.45, 7) is 7.50. The third kappa shape index (κ3) is 4.70. The first-order chi connectivity index (χ1) is 17.8. The molecular weight excluding hydrogens is 497 g/mol. The second kappa shape index (κ2) is 9.55. The van der Waals surface area contributed by atoms with Crippen molar-refractivity contribution in [3.63, 3.8) is 0 Å². The Morgan fingerprint density at radius 1 is 1.11 bits per heavy atom. The second-order valence-electron chi connectivity index (χ2n) is 11.6. The number of aromatic hydroxyl groups is 1. The van der Waals surface area contributed by atoms with Gasteiger partial charge in [-0.05, 0) is 94.2 Å². The number of likely N-dealkylation sites (tertiary alicyclic amines) is 2. The van der Waals surface area contributed by atoms with E-state index in [1.807, 2.05) is 13.0 Å². The molecule has 2 aliphatic heterocycles. The maximum Gasteiger partial charge on any atom is 0.435 e. The molecule has 3 aliphatic rings. The number of nitrogens with zero attached hydrogens (tertiary/aromatic N) is 4. The fourth-order valence-corrected chi connectivity index (χ4v) is 6.86. The Morgan fingerprint density at radius 3 is 2.45 bits per heavy atom. The van der Waals surface area contributed by atoms with Crippen molar-refractivity contribution in [1.82, 2.24) is 19.6 Å². The fraction of sp³-hybridized carbons (Fsp3) is 0.643. The van der Waals surface area contributed by atoms with Gasteiger partial charge in [-0.25, -0.2) is 0 Å². The molecule has 3 unspecified atom stereocenters. The molecule has 0 radical (unpaired) electrons. The van der Waals surface area contributed by atoms with Crippen LogP contribution in [0.1, 0.15) is 61.4 Å². The molecule has 3 fully saturated rings. The average molecular weight is 535 g/mol. The Labute approximate surface area is 221 Å². The molecule has 2 saturated heterocycles. The molecule has 0 spiro atoms. The molecule has 5 rings (SSSR count). The van der Waals surface area contributed by atoms with Crippen LogP contribution in [-0.4, -0.2) is 73.5 Å². The van der Waals surface area contributed by atoms with Crippen LogP contribution >= 0.6 is 0 Å². The topological polar surface area (TPSA) is 81.8 Å². The van der Waals surface area contributed by atoms with Crippen LogP contribution in [0.15, 0.2) is 24.4 Å². The minimum atomic E-state index is -4.58. The number of aryl methyl sites for hydroxylation is 2. The van der Waals surface area contributed by atoms with Crippen molar-refractivity contribution < 1.29 is 28.2 Å². The second-order valence-corrected chi connectivity index (χ2v) is 11.6. The van der Waals surface area contributed by atoms with Crippen LogP contribution in [0.5, 0.6) is 5.75 Å². The summed E-state index contributed by atoms with van der Waals surface area (Å²) in [7, 11) is 0. The maximum atomic E-state index is 13.3. The molecule has 1 aromatic heterocycles. The number of carbonyl (C=O) groups is 1. The van der Waals surface area contributed by atoms with E-state index < -0.39 is 22.9 Å². The molecule has 1 aliphatic carbocycles. The standard InChI is InChI=1S/C28H37F3N4O3/c1-18-4-7-22(36)14-23(18)26-8-11-33(24(37)17-35-15-19(2)25(32-35)28(29,30)31)13-10-27(26,38)20(3)34(12-9-26)16-21-5-6-21/h4,7,14-15,20-21,36,38H,5-6,8-13,16-17H2,1-3H3. The van der Waals surface area contributed by atoms with Crippen LogP contribution in [0.25, 0.3) is 0 Å². The molecule has 10 heteroatoms. The summed E-state index contributed by atoms with van der Waals surface area (Å²) in [5, 5.41) is 26.6. The number of hydrogen-bond donors (Lipinski definition) is 2. The monoisotopic (exact) mass is 534 g/mol. The minimum absolute atomic E-state index is 0.0237. The fourth-order valence-electron chi connectivity index (χ4n) is 6.86. The van der Waals surface area contributed by atoms with E-state index in [9.17, 15) is 28.2 Å². The van der Waals surface area contributed by atoms with Gasteiger partial charge in [-0.1, -0.05) is 6.07 Å². The van der Waals surface area contributed by atoms with E-state index in [0.29, 0.717) is 38.3 Å². The van der Waals surface area contributed by atoms with Gasteiger partial charge in [-0.2, -0.15) is 18.3 Å². The highest BCUT2D eigenvalue weighted by Gasteiger charge is 2.60. The lowest BCUT2D eigenvalue weighted by molar-refractivity contribution is -0.142. The van der Waals surface area contributed by atoms with Crippen molar-refractivity contribution in [2.75, 3.05) is 26.2 Å². The number of benzene rings is 1. The van der Waals surface area contributed by atoms with Gasteiger partial charge in [0.2, 0.25) is 5.91 Å². The number of rotatable bonds is 5. The van der Waals surface area contributed by atoms with E-state index in [2.05, 4.69) is 16.9 Å². The lowest BCUT2D eigenvalue weighted by Gasteiger charge is -2.57. The molecule has 1 saturated carbocycles. The van der Waals surface area contributed by atoms with Gasteiger partial charge in [0.25, 0.3) is 0 Å². The van der Waals surface area contributed by atoms with Gasteiger partial charge >= 0.3 is 6.18 Å². The minimum Gasteiger partial charge on any atom is -0.508 e. The van der Waals surface area contributed by atoms with Crippen LogP contribution in [0.2, 0.25) is 0 Å². The van der Waals surface area contributed by atoms with Crippen molar-refractivity contribution in [2.45, 2.75) is 82.7 Å². The Hall–Kier alpha value is -2.59. The largest absolute Gasteiger partial charge is 0.508 e. The van der Waals surface area contributed by atoms with E-state index in [-0.39, 0.29) is 29.8 Å². The normalized spacial score (nSPS) is 28.7. The van der Waals surface area contributed by atoms with E-state index in [1.54, 1.807) is 17.0 Å². The number of phenols is 1. The number of carbonyl (C=O) groups excluding carboxylic acids is 1. The molecule has 1 amide bonds. The van der Waals surface area contributed by atoms with Crippen LogP contribution in [0.3, 0.4) is 0 Å². The molecular formula is C28H37F3N4O3. The molecule has 2 N–H and O–H groups in total. The highest BCUT2D eigenvalue weighted by Crippen LogP contribution is 2.53. The van der Waals surface area contributed by atoms with Gasteiger partial charge in [0, 0.05) is 37.3 Å². The number of halogens is 3. The third-order valence-electron chi connectivity index (χ3n) is 9.25. The summed E-state index contributed by atoms with van der Waals surface area (Å²) in [5.41, 5.74) is -0.940. The zero-order valence-corrected chi connectivity index (χ0v) is 22.3. The summed E-state index contributed by atoms with van der Waals surface area (Å²) >= 11 is 0. The number of hydrogen-bond acceptors (Lipinski definition) is 5. The Kier molecular flexibility index (Phi) is 6.79. The predicted octanol–water partition coefficient (Wildman–Crippen LogP) is 4.02. The number of phenolic OH excluding ortho intramolecular Hbond substituents is 1. The highest BCUT2D eigenvalue weighted by molar-refractivity contribution is 5.76. The number of amides is 1. The van der Waals surface area contributed by atoms with Gasteiger partial charge in [0.15, 0.2) is 5.69 Å². The summed E-state index contributed by atoms with van der Waals surface area (Å²) in [5.74, 6) is 0.481. The predicted molar refractivity (Wildman–Crippen MR) is 136 cm³/mol. The summed E-state index contributed by atoms with van der Waals surface area (Å²) in [6.07, 6.45) is 0.623. The zero-order valence-electron chi connectivity index (χ0n) is 22.3. The van der Waals surface area contributed by atoms with Gasteiger partial charge in [-0.15, -0.1) is 0 Å². The van der Waals surface area contributed by atoms with Gasteiger partial charge in [-0.3, -0.25) is 14.4 Å². The smallest absolute Gasteiger partial charge is 0.435 e. The van der Waals surface area contributed by atoms with Gasteiger partial charge in [0.1, 0.15) is 12.3 Å². The van der Waals surface area contributed by atoms with Crippen molar-refractivity contribution in [3.05, 3.63) is 46.8 Å². The first-order valence-corrected chi connectivity index (χ1v) is 13.5. The number of aromatic nitrogens is 2. The van der Waals surface area contributed by atoms with Crippen molar-refractivity contribution in [2.24, 2.45) is 5.92 Å².